The maximum absolute atomic E-state index is 12.1. The number of nitrogens with one attached hydrogen (secondary N) is 3. The van der Waals surface area contributed by atoms with Crippen molar-refractivity contribution in [1.82, 2.24) is 35.0 Å². The van der Waals surface area contributed by atoms with E-state index in [-0.39, 0.29) is 11.4 Å². The minimum atomic E-state index is -3.54. The van der Waals surface area contributed by atoms with Crippen molar-refractivity contribution in [2.24, 2.45) is 0 Å². The second-order valence-electron chi connectivity index (χ2n) is 4.37. The van der Waals surface area contributed by atoms with Crippen LogP contribution in [0.25, 0.3) is 0 Å². The van der Waals surface area contributed by atoms with Crippen LogP contribution in [0, 0.1) is 0 Å². The summed E-state index contributed by atoms with van der Waals surface area (Å²) in [4.78, 5) is 4.09. The molecule has 21 heavy (non-hydrogen) atoms. The van der Waals surface area contributed by atoms with Crippen LogP contribution < -0.4 is 10.0 Å². The summed E-state index contributed by atoms with van der Waals surface area (Å²) >= 11 is 0. The fourth-order valence-corrected chi connectivity index (χ4v) is 2.70. The number of hydrogen-bond acceptors (Lipinski definition) is 6. The lowest BCUT2D eigenvalue weighted by Gasteiger charge is -2.03. The van der Waals surface area contributed by atoms with Crippen LogP contribution in [0.5, 0.6) is 0 Å². The first-order valence-corrected chi connectivity index (χ1v) is 8.17. The van der Waals surface area contributed by atoms with E-state index in [2.05, 4.69) is 30.3 Å². The first-order chi connectivity index (χ1) is 10.1. The van der Waals surface area contributed by atoms with Gasteiger partial charge in [0.05, 0.1) is 12.7 Å². The van der Waals surface area contributed by atoms with Crippen LogP contribution in [-0.2, 0) is 23.0 Å². The molecule has 0 saturated heterocycles. The van der Waals surface area contributed by atoms with Crippen molar-refractivity contribution in [2.75, 3.05) is 19.6 Å². The lowest BCUT2D eigenvalue weighted by molar-refractivity contribution is 0.562. The van der Waals surface area contributed by atoms with Gasteiger partial charge in [0.2, 0.25) is 10.0 Å². The third-order valence-electron chi connectivity index (χ3n) is 2.81. The highest BCUT2D eigenvalue weighted by atomic mass is 32.2. The van der Waals surface area contributed by atoms with E-state index in [1.54, 1.807) is 4.68 Å². The van der Waals surface area contributed by atoms with Gasteiger partial charge in [-0.25, -0.2) is 18.1 Å². The molecular weight excluding hydrogens is 294 g/mol. The Morgan fingerprint density at radius 1 is 1.38 bits per heavy atom. The van der Waals surface area contributed by atoms with Crippen molar-refractivity contribution >= 4 is 10.0 Å². The van der Waals surface area contributed by atoms with Crippen LogP contribution in [0.2, 0.25) is 0 Å². The van der Waals surface area contributed by atoms with Gasteiger partial charge in [0.1, 0.15) is 17.0 Å². The third-order valence-corrected chi connectivity index (χ3v) is 4.22. The predicted molar refractivity (Wildman–Crippen MR) is 76.0 cm³/mol. The molecule has 0 aliphatic carbocycles. The Kier molecular flexibility index (Phi) is 5.42. The number of nitrogens with zero attached hydrogens (tertiary/aromatic N) is 4. The van der Waals surface area contributed by atoms with Crippen LogP contribution in [0.3, 0.4) is 0 Å². The second kappa shape index (κ2) is 7.29. The normalized spacial score (nSPS) is 11.9. The summed E-state index contributed by atoms with van der Waals surface area (Å²) in [5, 5.41) is 13.6. The molecular formula is C11H19N7O2S. The molecule has 3 N–H and O–H groups in total. The van der Waals surface area contributed by atoms with Crippen LogP contribution in [0.4, 0.5) is 0 Å². The van der Waals surface area contributed by atoms with Crippen molar-refractivity contribution < 1.29 is 8.42 Å². The Hall–Kier alpha value is -1.78. The highest BCUT2D eigenvalue weighted by molar-refractivity contribution is 7.89. The van der Waals surface area contributed by atoms with Crippen molar-refractivity contribution in [2.45, 2.75) is 24.8 Å². The molecule has 0 radical (unpaired) electrons. The Balaban J connectivity index is 1.86. The van der Waals surface area contributed by atoms with Gasteiger partial charge >= 0.3 is 0 Å². The van der Waals surface area contributed by atoms with Gasteiger partial charge in [-0.05, 0) is 6.54 Å². The van der Waals surface area contributed by atoms with E-state index in [9.17, 15) is 8.42 Å². The van der Waals surface area contributed by atoms with Crippen LogP contribution in [-0.4, -0.2) is 53.0 Å². The van der Waals surface area contributed by atoms with Crippen LogP contribution >= 0.6 is 0 Å². The fraction of sp³-hybridized carbons (Fsp3) is 0.545. The first-order valence-electron chi connectivity index (χ1n) is 6.69. The molecule has 116 valence electrons. The van der Waals surface area contributed by atoms with E-state index in [1.807, 2.05) is 6.92 Å². The molecule has 0 unspecified atom stereocenters. The summed E-state index contributed by atoms with van der Waals surface area (Å²) in [6.45, 7) is 4.51. The zero-order valence-electron chi connectivity index (χ0n) is 11.8. The largest absolute Gasteiger partial charge is 0.315 e. The molecule has 2 aromatic rings. The van der Waals surface area contributed by atoms with Gasteiger partial charge in [-0.15, -0.1) is 0 Å². The molecule has 0 aromatic carbocycles. The number of aromatic amines is 1. The Morgan fingerprint density at radius 2 is 2.24 bits per heavy atom. The monoisotopic (exact) mass is 313 g/mol. The molecule has 0 atom stereocenters. The molecule has 10 heteroatoms. The zero-order valence-corrected chi connectivity index (χ0v) is 12.6. The van der Waals surface area contributed by atoms with E-state index in [1.165, 1.54) is 18.7 Å². The third kappa shape index (κ3) is 4.62. The van der Waals surface area contributed by atoms with Crippen molar-refractivity contribution in [3.63, 3.8) is 0 Å². The summed E-state index contributed by atoms with van der Waals surface area (Å²) in [5.74, 6) is 0.638. The molecule has 0 amide bonds. The topological polar surface area (TPSA) is 118 Å². The average molecular weight is 313 g/mol. The molecule has 9 nitrogen and oxygen atoms in total. The van der Waals surface area contributed by atoms with Gasteiger partial charge in [0.25, 0.3) is 0 Å². The fourth-order valence-electron chi connectivity index (χ4n) is 1.71. The number of sulfonamides is 1. The van der Waals surface area contributed by atoms with E-state index in [4.69, 9.17) is 0 Å². The second-order valence-corrected chi connectivity index (χ2v) is 6.14. The van der Waals surface area contributed by atoms with Crippen molar-refractivity contribution in [3.05, 3.63) is 24.5 Å². The molecule has 0 spiro atoms. The molecule has 0 bridgehead atoms. The standard InChI is InChI=1S/C11H19N7O2S/c1-2-12-5-6-18-8-10(7-15-18)21(19,20)16-4-3-11-13-9-14-17-11/h7-9,12,16H,2-6H2,1H3,(H,13,14,17). The number of hydrogen-bond donors (Lipinski definition) is 3. The van der Waals surface area contributed by atoms with Gasteiger partial charge in [-0.2, -0.15) is 10.2 Å². The Labute approximate surface area is 123 Å². The summed E-state index contributed by atoms with van der Waals surface area (Å²) in [7, 11) is -3.54. The molecule has 0 saturated carbocycles. The first kappa shape index (κ1) is 15.6. The lowest BCUT2D eigenvalue weighted by Crippen LogP contribution is -2.26. The maximum Gasteiger partial charge on any atom is 0.243 e. The highest BCUT2D eigenvalue weighted by Crippen LogP contribution is 2.06. The van der Waals surface area contributed by atoms with Crippen molar-refractivity contribution in [3.8, 4) is 0 Å². The van der Waals surface area contributed by atoms with Crippen LogP contribution in [0.1, 0.15) is 12.7 Å². The van der Waals surface area contributed by atoms with E-state index < -0.39 is 10.0 Å². The van der Waals surface area contributed by atoms with Gasteiger partial charge in [0, 0.05) is 25.7 Å². The smallest absolute Gasteiger partial charge is 0.243 e. The quantitative estimate of drug-likeness (QED) is 0.518. The summed E-state index contributed by atoms with van der Waals surface area (Å²) in [5.41, 5.74) is 0. The summed E-state index contributed by atoms with van der Waals surface area (Å²) < 4.78 is 28.3. The van der Waals surface area contributed by atoms with Gasteiger partial charge in [-0.3, -0.25) is 9.78 Å². The van der Waals surface area contributed by atoms with E-state index in [0.29, 0.717) is 18.8 Å². The summed E-state index contributed by atoms with van der Waals surface area (Å²) in [6.07, 6.45) is 4.71. The Bertz CT molecular complexity index is 635. The highest BCUT2D eigenvalue weighted by Gasteiger charge is 2.16. The molecule has 2 rings (SSSR count). The molecule has 2 aromatic heterocycles. The molecule has 0 aliphatic heterocycles. The van der Waals surface area contributed by atoms with E-state index in [0.717, 1.165) is 13.1 Å². The summed E-state index contributed by atoms with van der Waals surface area (Å²) in [6, 6.07) is 0. The lowest BCUT2D eigenvalue weighted by atomic mass is 10.4. The maximum atomic E-state index is 12.1. The predicted octanol–water partition coefficient (Wildman–Crippen LogP) is -0.868. The molecule has 0 aliphatic rings. The van der Waals surface area contributed by atoms with Gasteiger partial charge < -0.3 is 5.32 Å². The number of likely N-dealkylation sites (N-methyl/N-ethyl adjacent to an activating group) is 1. The Morgan fingerprint density at radius 3 is 2.95 bits per heavy atom. The van der Waals surface area contributed by atoms with Gasteiger partial charge in [-0.1, -0.05) is 6.92 Å². The SMILES string of the molecule is CCNCCn1cc(S(=O)(=O)NCCc2ncn[nH]2)cn1. The number of rotatable bonds is 9. The minimum absolute atomic E-state index is 0.163. The molecule has 0 fully saturated rings. The minimum Gasteiger partial charge on any atom is -0.315 e. The number of H-pyrrole nitrogens is 1. The van der Waals surface area contributed by atoms with Gasteiger partial charge in [0.15, 0.2) is 0 Å². The van der Waals surface area contributed by atoms with Crippen molar-refractivity contribution in [1.29, 1.82) is 0 Å². The molecule has 2 heterocycles. The van der Waals surface area contributed by atoms with Crippen LogP contribution in [0.15, 0.2) is 23.6 Å². The average Bonchev–Trinajstić information content (AvgIpc) is 3.10. The zero-order chi connectivity index (χ0) is 15.1. The van der Waals surface area contributed by atoms with E-state index >= 15 is 0 Å². The number of aromatic nitrogens is 5.